The fourth-order valence-corrected chi connectivity index (χ4v) is 2.84. The second-order valence-corrected chi connectivity index (χ2v) is 4.90. The SMILES string of the molecule is COc1cccc(C2CCCN2C2CC2)c1. The average Bonchev–Trinajstić information content (AvgIpc) is 3.07. The molecule has 0 aromatic heterocycles. The first-order valence-electron chi connectivity index (χ1n) is 6.28. The fourth-order valence-electron chi connectivity index (χ4n) is 2.84. The highest BCUT2D eigenvalue weighted by atomic mass is 16.5. The molecule has 0 N–H and O–H groups in total. The quantitative estimate of drug-likeness (QED) is 0.771. The third-order valence-electron chi connectivity index (χ3n) is 3.79. The molecule has 1 saturated heterocycles. The van der Waals surface area contributed by atoms with Crippen molar-refractivity contribution in [1.82, 2.24) is 4.90 Å². The van der Waals surface area contributed by atoms with Crippen LogP contribution < -0.4 is 4.74 Å². The minimum atomic E-state index is 0.641. The molecule has 1 aromatic carbocycles. The maximum absolute atomic E-state index is 5.31. The highest BCUT2D eigenvalue weighted by molar-refractivity contribution is 5.31. The van der Waals surface area contributed by atoms with Gasteiger partial charge in [0.25, 0.3) is 0 Å². The van der Waals surface area contributed by atoms with E-state index >= 15 is 0 Å². The Bertz CT molecular complexity index is 373. The normalized spacial score (nSPS) is 25.9. The summed E-state index contributed by atoms with van der Waals surface area (Å²) in [5.41, 5.74) is 1.43. The molecule has 2 aliphatic rings. The Hall–Kier alpha value is -1.02. The largest absolute Gasteiger partial charge is 0.497 e. The van der Waals surface area contributed by atoms with Gasteiger partial charge in [0, 0.05) is 12.1 Å². The highest BCUT2D eigenvalue weighted by Gasteiger charge is 2.37. The van der Waals surface area contributed by atoms with Crippen LogP contribution in [-0.2, 0) is 0 Å². The standard InChI is InChI=1S/C14H19NO/c1-16-13-5-2-4-11(10-13)14-6-3-9-15(14)12-7-8-12/h2,4-5,10,12,14H,3,6-9H2,1H3. The molecule has 0 bridgehead atoms. The van der Waals surface area contributed by atoms with E-state index in [0.717, 1.165) is 11.8 Å². The Morgan fingerprint density at radius 3 is 2.88 bits per heavy atom. The van der Waals surface area contributed by atoms with Crippen molar-refractivity contribution in [1.29, 1.82) is 0 Å². The molecule has 1 aliphatic carbocycles. The first-order chi connectivity index (χ1) is 7.88. The van der Waals surface area contributed by atoms with Crippen molar-refractivity contribution in [3.63, 3.8) is 0 Å². The van der Waals surface area contributed by atoms with Crippen molar-refractivity contribution in [3.05, 3.63) is 29.8 Å². The lowest BCUT2D eigenvalue weighted by molar-refractivity contribution is 0.246. The Labute approximate surface area is 97.2 Å². The summed E-state index contributed by atoms with van der Waals surface area (Å²) in [7, 11) is 1.74. The summed E-state index contributed by atoms with van der Waals surface area (Å²) in [6.45, 7) is 1.28. The number of likely N-dealkylation sites (tertiary alicyclic amines) is 1. The molecule has 2 heteroatoms. The smallest absolute Gasteiger partial charge is 0.119 e. The Kier molecular flexibility index (Phi) is 2.60. The summed E-state index contributed by atoms with van der Waals surface area (Å²) in [6.07, 6.45) is 5.46. The van der Waals surface area contributed by atoms with Crippen molar-refractivity contribution in [2.24, 2.45) is 0 Å². The van der Waals surface area contributed by atoms with E-state index in [9.17, 15) is 0 Å². The summed E-state index contributed by atoms with van der Waals surface area (Å²) in [5.74, 6) is 0.986. The zero-order valence-corrected chi connectivity index (χ0v) is 9.86. The molecular formula is C14H19NO. The van der Waals surface area contributed by atoms with Crippen LogP contribution in [0.3, 0.4) is 0 Å². The first-order valence-corrected chi connectivity index (χ1v) is 6.28. The lowest BCUT2D eigenvalue weighted by Crippen LogP contribution is -2.25. The van der Waals surface area contributed by atoms with E-state index in [0.29, 0.717) is 6.04 Å². The number of rotatable bonds is 3. The van der Waals surface area contributed by atoms with Crippen molar-refractivity contribution in [3.8, 4) is 5.75 Å². The second kappa shape index (κ2) is 4.10. The Morgan fingerprint density at radius 2 is 2.12 bits per heavy atom. The van der Waals surface area contributed by atoms with Crippen LogP contribution in [0, 0.1) is 0 Å². The molecular weight excluding hydrogens is 198 g/mol. The van der Waals surface area contributed by atoms with Gasteiger partial charge in [-0.1, -0.05) is 12.1 Å². The minimum Gasteiger partial charge on any atom is -0.497 e. The topological polar surface area (TPSA) is 12.5 Å². The van der Waals surface area contributed by atoms with Crippen LogP contribution >= 0.6 is 0 Å². The van der Waals surface area contributed by atoms with Gasteiger partial charge in [-0.2, -0.15) is 0 Å². The predicted octanol–water partition coefficient (Wildman–Crippen LogP) is 2.99. The molecule has 1 atom stereocenters. The van der Waals surface area contributed by atoms with Gasteiger partial charge in [-0.05, 0) is 49.9 Å². The number of hydrogen-bond acceptors (Lipinski definition) is 2. The third-order valence-corrected chi connectivity index (χ3v) is 3.79. The Balaban J connectivity index is 1.83. The van der Waals surface area contributed by atoms with Crippen molar-refractivity contribution >= 4 is 0 Å². The van der Waals surface area contributed by atoms with E-state index in [1.165, 1.54) is 37.8 Å². The third kappa shape index (κ3) is 1.82. The monoisotopic (exact) mass is 217 g/mol. The van der Waals surface area contributed by atoms with Crippen LogP contribution in [0.5, 0.6) is 5.75 Å². The minimum absolute atomic E-state index is 0.641. The van der Waals surface area contributed by atoms with Gasteiger partial charge in [-0.3, -0.25) is 4.90 Å². The van der Waals surface area contributed by atoms with E-state index in [4.69, 9.17) is 4.74 Å². The molecule has 3 rings (SSSR count). The first kappa shape index (κ1) is 10.2. The zero-order chi connectivity index (χ0) is 11.0. The lowest BCUT2D eigenvalue weighted by Gasteiger charge is -2.24. The maximum Gasteiger partial charge on any atom is 0.119 e. The molecule has 1 unspecified atom stereocenters. The summed E-state index contributed by atoms with van der Waals surface area (Å²) in [6, 6.07) is 10.1. The number of hydrogen-bond donors (Lipinski definition) is 0. The Morgan fingerprint density at radius 1 is 1.25 bits per heavy atom. The van der Waals surface area contributed by atoms with E-state index < -0.39 is 0 Å². The summed E-state index contributed by atoms with van der Waals surface area (Å²) in [5, 5.41) is 0. The zero-order valence-electron chi connectivity index (χ0n) is 9.86. The van der Waals surface area contributed by atoms with Gasteiger partial charge in [0.15, 0.2) is 0 Å². The molecule has 86 valence electrons. The van der Waals surface area contributed by atoms with Crippen molar-refractivity contribution < 1.29 is 4.74 Å². The van der Waals surface area contributed by atoms with Crippen LogP contribution in [-0.4, -0.2) is 24.6 Å². The number of ether oxygens (including phenoxy) is 1. The molecule has 1 heterocycles. The molecule has 1 aromatic rings. The summed E-state index contributed by atoms with van der Waals surface area (Å²) >= 11 is 0. The van der Waals surface area contributed by atoms with Gasteiger partial charge < -0.3 is 4.74 Å². The van der Waals surface area contributed by atoms with E-state index in [1.807, 2.05) is 6.07 Å². The molecule has 0 radical (unpaired) electrons. The maximum atomic E-state index is 5.31. The summed E-state index contributed by atoms with van der Waals surface area (Å²) < 4.78 is 5.31. The molecule has 1 aliphatic heterocycles. The average molecular weight is 217 g/mol. The van der Waals surface area contributed by atoms with Gasteiger partial charge in [0.05, 0.1) is 7.11 Å². The van der Waals surface area contributed by atoms with Crippen molar-refractivity contribution in [2.45, 2.75) is 37.8 Å². The van der Waals surface area contributed by atoms with Crippen LogP contribution in [0.1, 0.15) is 37.3 Å². The summed E-state index contributed by atoms with van der Waals surface area (Å²) in [4.78, 5) is 2.69. The van der Waals surface area contributed by atoms with E-state index in [-0.39, 0.29) is 0 Å². The van der Waals surface area contributed by atoms with E-state index in [1.54, 1.807) is 7.11 Å². The van der Waals surface area contributed by atoms with Gasteiger partial charge >= 0.3 is 0 Å². The molecule has 2 fully saturated rings. The van der Waals surface area contributed by atoms with Gasteiger partial charge in [0.2, 0.25) is 0 Å². The van der Waals surface area contributed by atoms with Crippen molar-refractivity contribution in [2.75, 3.05) is 13.7 Å². The van der Waals surface area contributed by atoms with Gasteiger partial charge in [-0.15, -0.1) is 0 Å². The fraction of sp³-hybridized carbons (Fsp3) is 0.571. The highest BCUT2D eigenvalue weighted by Crippen LogP contribution is 2.41. The van der Waals surface area contributed by atoms with Gasteiger partial charge in [-0.25, -0.2) is 0 Å². The van der Waals surface area contributed by atoms with E-state index in [2.05, 4.69) is 23.1 Å². The number of nitrogens with zero attached hydrogens (tertiary/aromatic N) is 1. The van der Waals surface area contributed by atoms with Crippen LogP contribution in [0.4, 0.5) is 0 Å². The van der Waals surface area contributed by atoms with Crippen LogP contribution in [0.25, 0.3) is 0 Å². The number of methoxy groups -OCH3 is 1. The van der Waals surface area contributed by atoms with Crippen LogP contribution in [0.2, 0.25) is 0 Å². The molecule has 1 saturated carbocycles. The molecule has 16 heavy (non-hydrogen) atoms. The predicted molar refractivity (Wildman–Crippen MR) is 64.7 cm³/mol. The second-order valence-electron chi connectivity index (χ2n) is 4.90. The number of benzene rings is 1. The molecule has 0 spiro atoms. The lowest BCUT2D eigenvalue weighted by atomic mass is 10.0. The molecule has 0 amide bonds. The van der Waals surface area contributed by atoms with Crippen LogP contribution in [0.15, 0.2) is 24.3 Å². The molecule has 2 nitrogen and oxygen atoms in total. The van der Waals surface area contributed by atoms with Gasteiger partial charge in [0.1, 0.15) is 5.75 Å².